The Bertz CT molecular complexity index is 692. The summed E-state index contributed by atoms with van der Waals surface area (Å²) in [6.07, 6.45) is 0. The summed E-state index contributed by atoms with van der Waals surface area (Å²) < 4.78 is 6.46. The summed E-state index contributed by atoms with van der Waals surface area (Å²) in [7, 11) is 0. The Morgan fingerprint density at radius 2 is 1.43 bits per heavy atom. The fraction of sp³-hybridized carbons (Fsp3) is 0.0667. The Morgan fingerprint density at radius 1 is 0.913 bits per heavy atom. The minimum atomic E-state index is 0. The molecule has 8 heteroatoms. The Hall–Kier alpha value is -1.76. The van der Waals surface area contributed by atoms with E-state index in [4.69, 9.17) is 27.0 Å². The van der Waals surface area contributed by atoms with Crippen molar-refractivity contribution in [2.24, 2.45) is 11.5 Å². The number of nitrogen functional groups attached to an aromatic ring is 2. The second-order valence-corrected chi connectivity index (χ2v) is 5.31. The number of amidine groups is 2. The molecule has 0 aliphatic heterocycles. The predicted octanol–water partition coefficient (Wildman–Crippen LogP) is 3.44. The molecule has 23 heavy (non-hydrogen) atoms. The van der Waals surface area contributed by atoms with Crippen LogP contribution in [0.5, 0.6) is 5.75 Å². The van der Waals surface area contributed by atoms with Crippen molar-refractivity contribution in [3.63, 3.8) is 0 Å². The van der Waals surface area contributed by atoms with Gasteiger partial charge >= 0.3 is 0 Å². The summed E-state index contributed by atoms with van der Waals surface area (Å²) in [4.78, 5) is 0. The lowest BCUT2D eigenvalue weighted by atomic mass is 10.1. The van der Waals surface area contributed by atoms with E-state index in [1.165, 1.54) is 0 Å². The highest BCUT2D eigenvalue weighted by Crippen LogP contribution is 2.26. The Kier molecular flexibility index (Phi) is 8.68. The van der Waals surface area contributed by atoms with Crippen molar-refractivity contribution in [3.05, 3.63) is 63.6 Å². The molecule has 2 aromatic carbocycles. The number of hydrogen-bond acceptors (Lipinski definition) is 3. The summed E-state index contributed by atoms with van der Waals surface area (Å²) in [5, 5.41) is 14.7. The lowest BCUT2D eigenvalue weighted by Gasteiger charge is -2.10. The van der Waals surface area contributed by atoms with Crippen LogP contribution in [0.25, 0.3) is 0 Å². The normalized spacial score (nSPS) is 9.26. The zero-order valence-electron chi connectivity index (χ0n) is 12.0. The van der Waals surface area contributed by atoms with Gasteiger partial charge in [0.25, 0.3) is 0 Å². The topological polar surface area (TPSA) is 109 Å². The number of hydrogen-bond donors (Lipinski definition) is 4. The van der Waals surface area contributed by atoms with Gasteiger partial charge in [-0.1, -0.05) is 24.3 Å². The van der Waals surface area contributed by atoms with Crippen LogP contribution in [-0.4, -0.2) is 11.7 Å². The fourth-order valence-electron chi connectivity index (χ4n) is 1.73. The molecular weight excluding hydrogens is 403 g/mol. The molecule has 0 amide bonds. The van der Waals surface area contributed by atoms with Crippen molar-refractivity contribution in [1.29, 1.82) is 10.8 Å². The van der Waals surface area contributed by atoms with E-state index in [2.05, 4.69) is 15.9 Å². The van der Waals surface area contributed by atoms with Gasteiger partial charge in [0, 0.05) is 11.1 Å². The van der Waals surface area contributed by atoms with Crippen LogP contribution in [-0.2, 0) is 6.61 Å². The average molecular weight is 420 g/mol. The van der Waals surface area contributed by atoms with E-state index < -0.39 is 0 Å². The molecule has 0 saturated heterocycles. The second kappa shape index (κ2) is 9.39. The van der Waals surface area contributed by atoms with Gasteiger partial charge in [0.15, 0.2) is 0 Å². The van der Waals surface area contributed by atoms with Crippen LogP contribution in [0.3, 0.4) is 0 Å². The van der Waals surface area contributed by atoms with Crippen molar-refractivity contribution < 1.29 is 4.74 Å². The second-order valence-electron chi connectivity index (χ2n) is 4.46. The van der Waals surface area contributed by atoms with Crippen molar-refractivity contribution in [3.8, 4) is 5.75 Å². The number of nitrogens with two attached hydrogens (primary N) is 2. The van der Waals surface area contributed by atoms with E-state index in [-0.39, 0.29) is 36.5 Å². The minimum absolute atomic E-state index is 0. The molecule has 0 bridgehead atoms. The minimum Gasteiger partial charge on any atom is -0.488 e. The number of rotatable bonds is 5. The predicted molar refractivity (Wildman–Crippen MR) is 101 cm³/mol. The van der Waals surface area contributed by atoms with Crippen LogP contribution in [0.2, 0.25) is 0 Å². The van der Waals surface area contributed by atoms with E-state index in [1.807, 2.05) is 12.1 Å². The molecule has 0 aliphatic carbocycles. The monoisotopic (exact) mass is 418 g/mol. The third-order valence-corrected chi connectivity index (χ3v) is 3.52. The van der Waals surface area contributed by atoms with Crippen molar-refractivity contribution in [1.82, 2.24) is 0 Å². The van der Waals surface area contributed by atoms with Crippen molar-refractivity contribution in [2.45, 2.75) is 6.61 Å². The molecule has 0 saturated carbocycles. The molecular formula is C15H17BrCl2N4O. The molecule has 2 rings (SSSR count). The molecule has 5 nitrogen and oxygen atoms in total. The highest BCUT2D eigenvalue weighted by Gasteiger charge is 2.05. The largest absolute Gasteiger partial charge is 0.488 e. The Morgan fingerprint density at radius 3 is 1.91 bits per heavy atom. The zero-order chi connectivity index (χ0) is 15.4. The lowest BCUT2D eigenvalue weighted by Crippen LogP contribution is -2.11. The van der Waals surface area contributed by atoms with Gasteiger partial charge in [-0.25, -0.2) is 0 Å². The summed E-state index contributed by atoms with van der Waals surface area (Å²) in [6.45, 7) is 0.399. The fourth-order valence-corrected chi connectivity index (χ4v) is 2.22. The first-order valence-corrected chi connectivity index (χ1v) is 6.97. The summed E-state index contributed by atoms with van der Waals surface area (Å²) in [6, 6.07) is 12.6. The van der Waals surface area contributed by atoms with Crippen LogP contribution in [0.4, 0.5) is 0 Å². The number of nitrogens with one attached hydrogen (secondary N) is 2. The maximum absolute atomic E-state index is 7.38. The molecule has 0 atom stereocenters. The summed E-state index contributed by atoms with van der Waals surface area (Å²) >= 11 is 3.40. The molecule has 0 aliphatic rings. The third kappa shape index (κ3) is 5.74. The highest BCUT2D eigenvalue weighted by atomic mass is 79.9. The van der Waals surface area contributed by atoms with Gasteiger partial charge in [-0.2, -0.15) is 0 Å². The van der Waals surface area contributed by atoms with Gasteiger partial charge in [-0.05, 0) is 39.7 Å². The van der Waals surface area contributed by atoms with Crippen LogP contribution in [0, 0.1) is 10.8 Å². The molecule has 124 valence electrons. The maximum Gasteiger partial charge on any atom is 0.134 e. The van der Waals surface area contributed by atoms with Gasteiger partial charge in [0.05, 0.1) is 4.47 Å². The molecule has 0 heterocycles. The van der Waals surface area contributed by atoms with Gasteiger partial charge in [0.2, 0.25) is 0 Å². The smallest absolute Gasteiger partial charge is 0.134 e. The van der Waals surface area contributed by atoms with Crippen molar-refractivity contribution in [2.75, 3.05) is 0 Å². The van der Waals surface area contributed by atoms with Gasteiger partial charge < -0.3 is 16.2 Å². The van der Waals surface area contributed by atoms with Crippen LogP contribution in [0.1, 0.15) is 16.7 Å². The highest BCUT2D eigenvalue weighted by molar-refractivity contribution is 9.10. The molecule has 0 aromatic heterocycles. The van der Waals surface area contributed by atoms with E-state index in [0.29, 0.717) is 23.5 Å². The standard InChI is InChI=1S/C15H15BrN4O.2ClH/c16-12-7-11(15(19)20)5-6-13(12)21-8-9-1-3-10(4-2-9)14(17)18;;/h1-7H,8H2,(H3,17,18)(H3,19,20);2*1H. The Balaban J connectivity index is 0.00000242. The molecule has 2 aromatic rings. The molecule has 0 spiro atoms. The summed E-state index contributed by atoms with van der Waals surface area (Å²) in [5.41, 5.74) is 13.1. The Labute approximate surface area is 155 Å². The van der Waals surface area contributed by atoms with E-state index in [9.17, 15) is 0 Å². The number of halogens is 3. The van der Waals surface area contributed by atoms with Crippen LogP contribution >= 0.6 is 40.7 Å². The van der Waals surface area contributed by atoms with Gasteiger partial charge in [-0.15, -0.1) is 24.8 Å². The molecule has 0 fully saturated rings. The molecule has 6 N–H and O–H groups in total. The summed E-state index contributed by atoms with van der Waals surface area (Å²) in [5.74, 6) is 0.739. The molecule has 0 unspecified atom stereocenters. The van der Waals surface area contributed by atoms with E-state index in [0.717, 1.165) is 10.0 Å². The van der Waals surface area contributed by atoms with Crippen LogP contribution < -0.4 is 16.2 Å². The number of ether oxygens (including phenoxy) is 1. The molecule has 0 radical (unpaired) electrons. The first-order chi connectivity index (χ1) is 9.97. The van der Waals surface area contributed by atoms with Crippen LogP contribution in [0.15, 0.2) is 46.9 Å². The van der Waals surface area contributed by atoms with E-state index in [1.54, 1.807) is 30.3 Å². The van der Waals surface area contributed by atoms with Gasteiger partial charge in [0.1, 0.15) is 24.0 Å². The zero-order valence-corrected chi connectivity index (χ0v) is 15.2. The van der Waals surface area contributed by atoms with Crippen molar-refractivity contribution >= 4 is 52.4 Å². The average Bonchev–Trinajstić information content (AvgIpc) is 2.46. The lowest BCUT2D eigenvalue weighted by molar-refractivity contribution is 0.304. The SMILES string of the molecule is Cl.Cl.N=C(N)c1ccc(COc2ccc(C(=N)N)cc2Br)cc1. The van der Waals surface area contributed by atoms with E-state index >= 15 is 0 Å². The van der Waals surface area contributed by atoms with Gasteiger partial charge in [-0.3, -0.25) is 10.8 Å². The quantitative estimate of drug-likeness (QED) is 0.440. The first kappa shape index (κ1) is 21.2. The third-order valence-electron chi connectivity index (χ3n) is 2.90. The first-order valence-electron chi connectivity index (χ1n) is 6.17. The number of benzene rings is 2. The maximum atomic E-state index is 7.38.